The monoisotopic (exact) mass is 538 g/mol. The quantitative estimate of drug-likeness (QED) is 0.398. The lowest BCUT2D eigenvalue weighted by molar-refractivity contribution is -0.143. The molecule has 202 valence electrons. The van der Waals surface area contributed by atoms with E-state index in [4.69, 9.17) is 4.52 Å². The fourth-order valence-electron chi connectivity index (χ4n) is 4.46. The molecule has 2 aromatic carbocycles. The molecule has 3 aromatic rings. The SMILES string of the molecule is CNC(=O)[C@H](C(C)C)N(Cc1ccc(-c2ccccc2)c(S(=O)(=O)Nc2onc(C)c2C)c1)C(=O)C1CC1. The number of hydrogen-bond acceptors (Lipinski definition) is 6. The van der Waals surface area contributed by atoms with Gasteiger partial charge in [0.2, 0.25) is 17.7 Å². The minimum absolute atomic E-state index is 0.0366. The zero-order valence-electron chi connectivity index (χ0n) is 22.3. The minimum atomic E-state index is -4.11. The number of hydrogen-bond donors (Lipinski definition) is 2. The van der Waals surface area contributed by atoms with E-state index in [9.17, 15) is 18.0 Å². The van der Waals surface area contributed by atoms with Crippen molar-refractivity contribution >= 4 is 27.7 Å². The molecular weight excluding hydrogens is 504 g/mol. The number of sulfonamides is 1. The van der Waals surface area contributed by atoms with Crippen LogP contribution in [0.2, 0.25) is 0 Å². The fraction of sp³-hybridized carbons (Fsp3) is 0.393. The van der Waals surface area contributed by atoms with E-state index in [-0.39, 0.29) is 41.0 Å². The van der Waals surface area contributed by atoms with Gasteiger partial charge in [-0.15, -0.1) is 0 Å². The van der Waals surface area contributed by atoms with Crippen molar-refractivity contribution in [2.75, 3.05) is 11.8 Å². The van der Waals surface area contributed by atoms with Crippen LogP contribution in [0, 0.1) is 25.7 Å². The van der Waals surface area contributed by atoms with E-state index in [1.165, 1.54) is 0 Å². The molecule has 4 rings (SSSR count). The molecule has 0 bridgehead atoms. The highest BCUT2D eigenvalue weighted by atomic mass is 32.2. The average Bonchev–Trinajstić information content (AvgIpc) is 3.70. The summed E-state index contributed by atoms with van der Waals surface area (Å²) in [6, 6.07) is 13.6. The molecule has 0 spiro atoms. The van der Waals surface area contributed by atoms with Gasteiger partial charge in [-0.05, 0) is 49.8 Å². The standard InChI is InChI=1S/C28H34N4O5S/c1-17(2)25(26(33)29-5)32(28(34)22-12-13-22)16-20-11-14-23(21-9-7-6-8-10-21)24(15-20)38(35,36)31-27-18(3)19(4)30-37-27/h6-11,14-15,17,22,25,31H,12-13,16H2,1-5H3,(H,29,33)/t25-/m0/s1. The lowest BCUT2D eigenvalue weighted by atomic mass is 9.99. The third-order valence-electron chi connectivity index (χ3n) is 6.85. The van der Waals surface area contributed by atoms with Gasteiger partial charge in [-0.25, -0.2) is 13.1 Å². The molecular formula is C28H34N4O5S. The number of aromatic nitrogens is 1. The third kappa shape index (κ3) is 5.75. The van der Waals surface area contributed by atoms with Gasteiger partial charge in [-0.3, -0.25) is 9.59 Å². The van der Waals surface area contributed by atoms with Crippen molar-refractivity contribution in [2.45, 2.75) is 58.0 Å². The lowest BCUT2D eigenvalue weighted by Crippen LogP contribution is -2.51. The largest absolute Gasteiger partial charge is 0.357 e. The smallest absolute Gasteiger partial charge is 0.264 e. The first-order chi connectivity index (χ1) is 18.0. The van der Waals surface area contributed by atoms with Crippen molar-refractivity contribution in [2.24, 2.45) is 11.8 Å². The van der Waals surface area contributed by atoms with Crippen LogP contribution in [0.5, 0.6) is 0 Å². The molecule has 1 aromatic heterocycles. The minimum Gasteiger partial charge on any atom is -0.357 e. The maximum atomic E-state index is 13.7. The molecule has 2 amide bonds. The molecule has 38 heavy (non-hydrogen) atoms. The van der Waals surface area contributed by atoms with Gasteiger partial charge in [0.1, 0.15) is 6.04 Å². The van der Waals surface area contributed by atoms with Crippen LogP contribution in [0.25, 0.3) is 11.1 Å². The molecule has 10 heteroatoms. The molecule has 0 aliphatic heterocycles. The van der Waals surface area contributed by atoms with E-state index >= 15 is 0 Å². The highest BCUT2D eigenvalue weighted by Crippen LogP contribution is 2.35. The third-order valence-corrected chi connectivity index (χ3v) is 8.22. The van der Waals surface area contributed by atoms with Gasteiger partial charge < -0.3 is 14.7 Å². The van der Waals surface area contributed by atoms with Crippen LogP contribution < -0.4 is 10.0 Å². The van der Waals surface area contributed by atoms with Crippen LogP contribution in [0.4, 0.5) is 5.88 Å². The summed E-state index contributed by atoms with van der Waals surface area (Å²) < 4.78 is 35.1. The Balaban J connectivity index is 1.79. The number of amides is 2. The summed E-state index contributed by atoms with van der Waals surface area (Å²) in [6.07, 6.45) is 1.58. The highest BCUT2D eigenvalue weighted by Gasteiger charge is 2.39. The van der Waals surface area contributed by atoms with Gasteiger partial charge >= 0.3 is 0 Å². The summed E-state index contributed by atoms with van der Waals surface area (Å²) in [7, 11) is -2.56. The number of carbonyl (C=O) groups excluding carboxylic acids is 2. The zero-order chi connectivity index (χ0) is 27.6. The average molecular weight is 539 g/mol. The molecule has 1 heterocycles. The number of nitrogens with one attached hydrogen (secondary N) is 2. The predicted molar refractivity (Wildman–Crippen MR) is 145 cm³/mol. The number of rotatable bonds is 10. The van der Waals surface area contributed by atoms with E-state index in [0.717, 1.165) is 18.4 Å². The number of benzene rings is 2. The zero-order valence-corrected chi connectivity index (χ0v) is 23.1. The Morgan fingerprint density at radius 2 is 1.79 bits per heavy atom. The van der Waals surface area contributed by atoms with Gasteiger partial charge in [0.15, 0.2) is 0 Å². The summed E-state index contributed by atoms with van der Waals surface area (Å²) in [5.41, 5.74) is 3.00. The van der Waals surface area contributed by atoms with Gasteiger partial charge in [0.05, 0.1) is 10.6 Å². The summed E-state index contributed by atoms with van der Waals surface area (Å²) >= 11 is 0. The second-order valence-electron chi connectivity index (χ2n) is 10.1. The first-order valence-corrected chi connectivity index (χ1v) is 14.2. The first-order valence-electron chi connectivity index (χ1n) is 12.7. The lowest BCUT2D eigenvalue weighted by Gasteiger charge is -2.33. The molecule has 1 atom stereocenters. The van der Waals surface area contributed by atoms with E-state index < -0.39 is 16.1 Å². The summed E-state index contributed by atoms with van der Waals surface area (Å²) in [6.45, 7) is 7.35. The van der Waals surface area contributed by atoms with Crippen molar-refractivity contribution in [1.29, 1.82) is 0 Å². The maximum Gasteiger partial charge on any atom is 0.264 e. The van der Waals surface area contributed by atoms with E-state index in [2.05, 4.69) is 15.2 Å². The van der Waals surface area contributed by atoms with Crippen LogP contribution in [-0.2, 0) is 26.2 Å². The summed E-state index contributed by atoms with van der Waals surface area (Å²) in [5, 5.41) is 6.52. The maximum absolute atomic E-state index is 13.7. The Bertz CT molecular complexity index is 1430. The molecule has 0 saturated heterocycles. The first kappa shape index (κ1) is 27.4. The number of likely N-dealkylation sites (N-methyl/N-ethyl adjacent to an activating group) is 1. The topological polar surface area (TPSA) is 122 Å². The van der Waals surface area contributed by atoms with E-state index in [0.29, 0.717) is 22.4 Å². The van der Waals surface area contributed by atoms with E-state index in [1.807, 2.05) is 44.2 Å². The van der Waals surface area contributed by atoms with Crippen LogP contribution in [0.3, 0.4) is 0 Å². The Morgan fingerprint density at radius 3 is 2.34 bits per heavy atom. The van der Waals surface area contributed by atoms with Gasteiger partial charge in [0, 0.05) is 30.6 Å². The van der Waals surface area contributed by atoms with Crippen LogP contribution in [0.1, 0.15) is 43.5 Å². The second-order valence-corrected chi connectivity index (χ2v) is 11.7. The van der Waals surface area contributed by atoms with E-state index in [1.54, 1.807) is 44.0 Å². The van der Waals surface area contributed by atoms with Gasteiger partial charge in [-0.2, -0.15) is 0 Å². The number of nitrogens with zero attached hydrogens (tertiary/aromatic N) is 2. The molecule has 9 nitrogen and oxygen atoms in total. The molecule has 2 N–H and O–H groups in total. The molecule has 1 saturated carbocycles. The molecule has 0 unspecified atom stereocenters. The predicted octanol–water partition coefficient (Wildman–Crippen LogP) is 4.27. The number of carbonyl (C=O) groups is 2. The Morgan fingerprint density at radius 1 is 1.11 bits per heavy atom. The second kappa shape index (κ2) is 11.0. The van der Waals surface area contributed by atoms with Crippen molar-refractivity contribution < 1.29 is 22.5 Å². The van der Waals surface area contributed by atoms with Crippen molar-refractivity contribution in [3.05, 3.63) is 65.4 Å². The van der Waals surface area contributed by atoms with Crippen molar-refractivity contribution in [3.8, 4) is 11.1 Å². The van der Waals surface area contributed by atoms with Gasteiger partial charge in [-0.1, -0.05) is 61.5 Å². The molecule has 0 radical (unpaired) electrons. The van der Waals surface area contributed by atoms with Crippen LogP contribution in [-0.4, -0.2) is 43.4 Å². The molecule has 1 aliphatic rings. The van der Waals surface area contributed by atoms with Crippen molar-refractivity contribution in [3.63, 3.8) is 0 Å². The Kier molecular flexibility index (Phi) is 7.91. The summed E-state index contributed by atoms with van der Waals surface area (Å²) in [4.78, 5) is 27.8. The summed E-state index contributed by atoms with van der Waals surface area (Å²) in [5.74, 6) is -0.525. The number of aryl methyl sites for hydroxylation is 1. The van der Waals surface area contributed by atoms with Gasteiger partial charge in [0.25, 0.3) is 10.0 Å². The normalized spacial score (nSPS) is 14.3. The Hall–Kier alpha value is -3.66. The number of anilines is 1. The highest BCUT2D eigenvalue weighted by molar-refractivity contribution is 7.92. The fourth-order valence-corrected chi connectivity index (χ4v) is 5.78. The van der Waals surface area contributed by atoms with Crippen LogP contribution >= 0.6 is 0 Å². The molecule has 1 aliphatic carbocycles. The van der Waals surface area contributed by atoms with Crippen LogP contribution in [0.15, 0.2) is 57.9 Å². The van der Waals surface area contributed by atoms with Crippen molar-refractivity contribution in [1.82, 2.24) is 15.4 Å². The Labute approximate surface area is 223 Å². The molecule has 1 fully saturated rings.